The smallest absolute Gasteiger partial charge is 0.251 e. The summed E-state index contributed by atoms with van der Waals surface area (Å²) >= 11 is 0. The van der Waals surface area contributed by atoms with E-state index in [4.69, 9.17) is 0 Å². The topological polar surface area (TPSA) is 201 Å². The monoisotopic (exact) mass is 1070 g/mol. The van der Waals surface area contributed by atoms with Crippen molar-refractivity contribution in [1.29, 1.82) is 0 Å². The predicted octanol–water partition coefficient (Wildman–Crippen LogP) is 6.04. The van der Waals surface area contributed by atoms with Crippen molar-refractivity contribution < 1.29 is 38.0 Å². The summed E-state index contributed by atoms with van der Waals surface area (Å²) in [6.07, 6.45) is 2.84. The van der Waals surface area contributed by atoms with Crippen molar-refractivity contribution in [3.05, 3.63) is 142 Å². The molecule has 78 heavy (non-hydrogen) atoms. The summed E-state index contributed by atoms with van der Waals surface area (Å²) in [6, 6.07) is 21.8. The molecule has 1 aliphatic carbocycles. The molecule has 7 amide bonds. The molecule has 3 aliphatic rings. The fourth-order valence-corrected chi connectivity index (χ4v) is 10.8. The molecule has 2 heterocycles. The Hall–Kier alpha value is -6.98. The molecule has 17 heteroatoms. The minimum absolute atomic E-state index is 0.0140. The molecule has 16 nitrogen and oxygen atoms in total. The fourth-order valence-electron chi connectivity index (χ4n) is 10.8. The number of benzene rings is 4. The van der Waals surface area contributed by atoms with Crippen LogP contribution in [0.2, 0.25) is 0 Å². The largest absolute Gasteiger partial charge is 0.347 e. The molecule has 9 atom stereocenters. The number of fused-ring (bicyclic) bond motifs is 2. The van der Waals surface area contributed by atoms with Crippen LogP contribution in [0.1, 0.15) is 137 Å². The quantitative estimate of drug-likeness (QED) is 0.0730. The third kappa shape index (κ3) is 13.5. The van der Waals surface area contributed by atoms with Crippen LogP contribution in [0.3, 0.4) is 0 Å². The first kappa shape index (κ1) is 58.7. The highest BCUT2D eigenvalue weighted by Gasteiger charge is 2.47. The van der Waals surface area contributed by atoms with Crippen LogP contribution in [-0.2, 0) is 54.7 Å². The fraction of sp³-hybridized carbons (Fsp3) is 0.492. The first-order valence-corrected chi connectivity index (χ1v) is 27.4. The minimum atomic E-state index is -1.02. The van der Waals surface area contributed by atoms with E-state index in [0.717, 1.165) is 36.0 Å². The Morgan fingerprint density at radius 2 is 1.22 bits per heavy atom. The van der Waals surface area contributed by atoms with Crippen LogP contribution in [0.4, 0.5) is 4.39 Å². The molecular weight excluding hydrogens is 990 g/mol. The zero-order valence-corrected chi connectivity index (χ0v) is 47.2. The first-order valence-electron chi connectivity index (χ1n) is 27.4. The highest BCUT2D eigenvalue weighted by molar-refractivity contribution is 5.97. The van der Waals surface area contributed by atoms with Crippen molar-refractivity contribution >= 4 is 41.4 Å². The van der Waals surface area contributed by atoms with Gasteiger partial charge in [-0.05, 0) is 117 Å². The standard InChI is InChI=1S/C61H80FN9O7/c1-36(63-10)53(72)67-51(60(4,5)6)58(77)70-34-43-21-13-12-20-42(43)31-50(70)57(76)69(38(3)45-23-16-17-25-47(45)62)33-39-27-29-41(30-28-39)55(74)65-44-32-49(56(75)66-48-26-18-22-40-19-14-15-24-46(40)48)71(35-44)59(78)52(61(7,8)9)68-54(73)37(2)64-11/h12-17,19-21,23-25,27-30,36-38,44,48-52,63-64H,18,22,26,31-35H2,1-11H3,(H,65,74)(H,66,75)(H,67,72)(H,68,73)/t36-,37-,38?,44-,48+,49?,50-,51+,52+/m0/s1. The summed E-state index contributed by atoms with van der Waals surface area (Å²) in [4.78, 5) is 105. The number of hydrogen-bond acceptors (Lipinski definition) is 9. The van der Waals surface area contributed by atoms with E-state index in [1.165, 1.54) is 16.5 Å². The van der Waals surface area contributed by atoms with Gasteiger partial charge >= 0.3 is 0 Å². The number of amides is 7. The summed E-state index contributed by atoms with van der Waals surface area (Å²) < 4.78 is 15.7. The van der Waals surface area contributed by atoms with Gasteiger partial charge in [-0.1, -0.05) is 120 Å². The number of aryl methyl sites for hydroxylation is 1. The molecule has 1 fully saturated rings. The predicted molar refractivity (Wildman–Crippen MR) is 298 cm³/mol. The number of nitrogens with zero attached hydrogens (tertiary/aromatic N) is 3. The molecule has 2 aliphatic heterocycles. The van der Waals surface area contributed by atoms with Gasteiger partial charge in [0.05, 0.1) is 24.2 Å². The van der Waals surface area contributed by atoms with Crippen LogP contribution in [0.15, 0.2) is 97.1 Å². The van der Waals surface area contributed by atoms with Gasteiger partial charge in [-0.3, -0.25) is 33.6 Å². The Bertz CT molecular complexity index is 2850. The summed E-state index contributed by atoms with van der Waals surface area (Å²) in [5.74, 6) is -3.29. The molecular formula is C61H80FN9O7. The molecule has 4 aromatic carbocycles. The van der Waals surface area contributed by atoms with Gasteiger partial charge in [0, 0.05) is 43.2 Å². The lowest BCUT2D eigenvalue weighted by atomic mass is 9.84. The molecule has 2 unspecified atom stereocenters. The lowest BCUT2D eigenvalue weighted by molar-refractivity contribution is -0.152. The van der Waals surface area contributed by atoms with Gasteiger partial charge in [0.2, 0.25) is 35.4 Å². The van der Waals surface area contributed by atoms with Crippen LogP contribution in [0.5, 0.6) is 0 Å². The van der Waals surface area contributed by atoms with Crippen LogP contribution >= 0.6 is 0 Å². The number of rotatable bonds is 17. The molecule has 418 valence electrons. The van der Waals surface area contributed by atoms with Crippen LogP contribution in [0.25, 0.3) is 0 Å². The first-order chi connectivity index (χ1) is 36.9. The average molecular weight is 1070 g/mol. The zero-order chi connectivity index (χ0) is 56.8. The maximum Gasteiger partial charge on any atom is 0.251 e. The van der Waals surface area contributed by atoms with Gasteiger partial charge in [0.15, 0.2) is 0 Å². The number of nitrogens with one attached hydrogen (secondary N) is 6. The number of likely N-dealkylation sites (tertiary alicyclic amines) is 1. The third-order valence-corrected chi connectivity index (χ3v) is 15.9. The molecule has 6 N–H and O–H groups in total. The molecule has 0 saturated carbocycles. The Morgan fingerprint density at radius 3 is 1.81 bits per heavy atom. The van der Waals surface area contributed by atoms with E-state index >= 15 is 9.18 Å². The highest BCUT2D eigenvalue weighted by atomic mass is 19.1. The van der Waals surface area contributed by atoms with E-state index in [9.17, 15) is 28.8 Å². The molecule has 1 saturated heterocycles. The van der Waals surface area contributed by atoms with Gasteiger partial charge in [0.25, 0.3) is 5.91 Å². The second kappa shape index (κ2) is 24.8. The van der Waals surface area contributed by atoms with E-state index < -0.39 is 88.6 Å². The van der Waals surface area contributed by atoms with E-state index in [1.807, 2.05) is 84.0 Å². The highest BCUT2D eigenvalue weighted by Crippen LogP contribution is 2.35. The Morgan fingerprint density at radius 1 is 0.667 bits per heavy atom. The molecule has 7 rings (SSSR count). The molecule has 0 radical (unpaired) electrons. The maximum atomic E-state index is 15.7. The van der Waals surface area contributed by atoms with Crippen molar-refractivity contribution in [3.63, 3.8) is 0 Å². The van der Waals surface area contributed by atoms with Gasteiger partial charge in [-0.25, -0.2) is 4.39 Å². The normalized spacial score (nSPS) is 20.2. The summed E-state index contributed by atoms with van der Waals surface area (Å²) in [7, 11) is 3.32. The zero-order valence-electron chi connectivity index (χ0n) is 47.2. The van der Waals surface area contributed by atoms with Crippen molar-refractivity contribution in [2.45, 2.75) is 162 Å². The van der Waals surface area contributed by atoms with E-state index in [-0.39, 0.29) is 67.4 Å². The molecule has 0 aromatic heterocycles. The van der Waals surface area contributed by atoms with Gasteiger partial charge in [-0.15, -0.1) is 0 Å². The van der Waals surface area contributed by atoms with Crippen molar-refractivity contribution in [1.82, 2.24) is 46.6 Å². The number of likely N-dealkylation sites (N-methyl/N-ethyl adjacent to an activating group) is 2. The Balaban J connectivity index is 1.15. The van der Waals surface area contributed by atoms with Crippen LogP contribution in [-0.4, -0.2) is 119 Å². The number of hydrogen-bond donors (Lipinski definition) is 6. The maximum absolute atomic E-state index is 15.7. The summed E-state index contributed by atoms with van der Waals surface area (Å²) in [5, 5.41) is 18.0. The van der Waals surface area contributed by atoms with E-state index in [1.54, 1.807) is 87.1 Å². The van der Waals surface area contributed by atoms with Gasteiger partial charge < -0.3 is 46.6 Å². The SMILES string of the molecule is CN[C@@H](C)C(=O)N[C@H](C(=O)N1C[C@@H](NC(=O)c2ccc(CN(C(=O)[C@@H]3Cc4ccccc4CN3C(=O)[C@@H](NC(=O)[C@H](C)NC)C(C)(C)C)C(C)c3ccccc3F)cc2)CC1C(=O)N[C@@H]1CCCc2ccccc21)C(C)(C)C. The number of carbonyl (C=O) groups excluding carboxylic acids is 7. The number of carbonyl (C=O) groups is 7. The molecule has 0 spiro atoms. The van der Waals surface area contributed by atoms with E-state index in [2.05, 4.69) is 38.0 Å². The Kier molecular flexibility index (Phi) is 18.6. The number of halogens is 1. The van der Waals surface area contributed by atoms with Crippen LogP contribution in [0, 0.1) is 16.6 Å². The third-order valence-electron chi connectivity index (χ3n) is 15.9. The lowest BCUT2D eigenvalue weighted by Gasteiger charge is -2.43. The summed E-state index contributed by atoms with van der Waals surface area (Å²) in [6.45, 7) is 16.4. The lowest BCUT2D eigenvalue weighted by Crippen LogP contribution is -2.62. The summed E-state index contributed by atoms with van der Waals surface area (Å²) in [5.41, 5.74) is 3.68. The van der Waals surface area contributed by atoms with Crippen molar-refractivity contribution in [2.75, 3.05) is 20.6 Å². The molecule has 0 bridgehead atoms. The van der Waals surface area contributed by atoms with Crippen molar-refractivity contribution in [3.8, 4) is 0 Å². The van der Waals surface area contributed by atoms with Gasteiger partial charge in [0.1, 0.15) is 30.0 Å². The van der Waals surface area contributed by atoms with Crippen molar-refractivity contribution in [2.24, 2.45) is 10.8 Å². The second-order valence-electron chi connectivity index (χ2n) is 23.5. The molecule has 4 aromatic rings. The second-order valence-corrected chi connectivity index (χ2v) is 23.5. The average Bonchev–Trinajstić information content (AvgIpc) is 3.98. The van der Waals surface area contributed by atoms with E-state index in [0.29, 0.717) is 5.56 Å². The Labute approximate surface area is 459 Å². The van der Waals surface area contributed by atoms with Gasteiger partial charge in [-0.2, -0.15) is 0 Å². The van der Waals surface area contributed by atoms with Crippen LogP contribution < -0.4 is 31.9 Å². The minimum Gasteiger partial charge on any atom is -0.347 e.